The topological polar surface area (TPSA) is 92.7 Å². The molecule has 0 bridgehead atoms. The summed E-state index contributed by atoms with van der Waals surface area (Å²) < 4.78 is 50.1. The molecule has 1 aliphatic rings. The summed E-state index contributed by atoms with van der Waals surface area (Å²) in [6.45, 7) is 3.48. The molecule has 34 heavy (non-hydrogen) atoms. The van der Waals surface area contributed by atoms with Gasteiger partial charge in [-0.05, 0) is 30.7 Å². The minimum Gasteiger partial charge on any atom is -0.484 e. The number of methoxy groups -OCH3 is 1. The number of carbonyl (C=O) groups excluding carboxylic acids is 1. The molecule has 2 aromatic carbocycles. The van der Waals surface area contributed by atoms with Crippen LogP contribution in [0.4, 0.5) is 8.78 Å². The molecular formula is C23H19F2N3O5S. The van der Waals surface area contributed by atoms with Crippen molar-refractivity contribution in [3.05, 3.63) is 35.5 Å². The van der Waals surface area contributed by atoms with Crippen molar-refractivity contribution in [3.8, 4) is 28.0 Å². The van der Waals surface area contributed by atoms with Gasteiger partial charge >= 0.3 is 5.97 Å². The van der Waals surface area contributed by atoms with E-state index >= 15 is 0 Å². The molecule has 1 atom stereocenters. The van der Waals surface area contributed by atoms with Crippen LogP contribution in [0.15, 0.2) is 24.4 Å². The fourth-order valence-corrected chi connectivity index (χ4v) is 4.87. The molecule has 0 N–H and O–H groups in total. The number of fused-ring (bicyclic) bond motifs is 4. The lowest BCUT2D eigenvalue weighted by atomic mass is 10.1. The van der Waals surface area contributed by atoms with E-state index in [0.29, 0.717) is 33.1 Å². The van der Waals surface area contributed by atoms with Crippen LogP contribution in [0.5, 0.6) is 17.4 Å². The monoisotopic (exact) mass is 487 g/mol. The third-order valence-electron chi connectivity index (χ3n) is 5.30. The molecule has 0 aliphatic carbocycles. The highest BCUT2D eigenvalue weighted by atomic mass is 32.1. The van der Waals surface area contributed by atoms with E-state index in [1.807, 2.05) is 6.92 Å². The van der Waals surface area contributed by atoms with E-state index in [9.17, 15) is 13.6 Å². The number of halogens is 2. The van der Waals surface area contributed by atoms with Gasteiger partial charge in [0, 0.05) is 18.1 Å². The number of hydrogen-bond donors (Lipinski definition) is 0. The Morgan fingerprint density at radius 3 is 2.82 bits per heavy atom. The third kappa shape index (κ3) is 3.96. The van der Waals surface area contributed by atoms with Gasteiger partial charge in [-0.2, -0.15) is 0 Å². The van der Waals surface area contributed by atoms with Gasteiger partial charge in [-0.1, -0.05) is 0 Å². The molecule has 8 nitrogen and oxygen atoms in total. The lowest BCUT2D eigenvalue weighted by molar-refractivity contribution is -0.144. The summed E-state index contributed by atoms with van der Waals surface area (Å²) in [5, 5.41) is 0.504. The molecule has 0 spiro atoms. The molecule has 0 amide bonds. The van der Waals surface area contributed by atoms with Crippen LogP contribution in [0, 0.1) is 6.92 Å². The molecule has 0 radical (unpaired) electrons. The van der Waals surface area contributed by atoms with E-state index in [2.05, 4.69) is 9.97 Å². The quantitative estimate of drug-likeness (QED) is 0.369. The van der Waals surface area contributed by atoms with Crippen LogP contribution in [0.25, 0.3) is 31.8 Å². The second kappa shape index (κ2) is 8.64. The lowest BCUT2D eigenvalue weighted by Gasteiger charge is -2.26. The van der Waals surface area contributed by atoms with Crippen LogP contribution >= 0.6 is 11.3 Å². The van der Waals surface area contributed by atoms with Crippen molar-refractivity contribution in [1.29, 1.82) is 0 Å². The fourth-order valence-electron chi connectivity index (χ4n) is 3.72. The van der Waals surface area contributed by atoms with Gasteiger partial charge in [0.05, 0.1) is 29.9 Å². The van der Waals surface area contributed by atoms with Gasteiger partial charge in [-0.25, -0.2) is 23.7 Å². The Bertz CT molecular complexity index is 1430. The second-order valence-corrected chi connectivity index (χ2v) is 8.72. The summed E-state index contributed by atoms with van der Waals surface area (Å²) in [5.41, 5.74) is 2.50. The Morgan fingerprint density at radius 1 is 1.26 bits per heavy atom. The molecule has 2 aromatic heterocycles. The summed E-state index contributed by atoms with van der Waals surface area (Å²) in [6.07, 6.45) is -1.68. The van der Waals surface area contributed by atoms with Crippen LogP contribution in [0.1, 0.15) is 24.5 Å². The van der Waals surface area contributed by atoms with Crippen molar-refractivity contribution < 1.29 is 32.5 Å². The van der Waals surface area contributed by atoms with E-state index in [1.165, 1.54) is 43.7 Å². The van der Waals surface area contributed by atoms with Gasteiger partial charge in [0.2, 0.25) is 5.88 Å². The predicted molar refractivity (Wildman–Crippen MR) is 121 cm³/mol. The maximum atomic E-state index is 13.7. The molecule has 176 valence electrons. The van der Waals surface area contributed by atoms with Crippen molar-refractivity contribution in [1.82, 2.24) is 15.0 Å². The molecular weight excluding hydrogens is 468 g/mol. The van der Waals surface area contributed by atoms with E-state index in [-0.39, 0.29) is 30.2 Å². The largest absolute Gasteiger partial charge is 0.484 e. The molecule has 0 fully saturated rings. The smallest absolute Gasteiger partial charge is 0.302 e. The first-order chi connectivity index (χ1) is 16.3. The summed E-state index contributed by atoms with van der Waals surface area (Å²) in [7, 11) is 1.44. The third-order valence-corrected chi connectivity index (χ3v) is 6.38. The highest BCUT2D eigenvalue weighted by Gasteiger charge is 2.27. The summed E-state index contributed by atoms with van der Waals surface area (Å²) >= 11 is 1.30. The number of aryl methyl sites for hydroxylation is 1. The van der Waals surface area contributed by atoms with Crippen LogP contribution in [-0.2, 0) is 9.53 Å². The van der Waals surface area contributed by atoms with Crippen molar-refractivity contribution in [3.63, 3.8) is 0 Å². The molecule has 0 saturated carbocycles. The van der Waals surface area contributed by atoms with Gasteiger partial charge in [-0.15, -0.1) is 11.3 Å². The summed E-state index contributed by atoms with van der Waals surface area (Å²) in [4.78, 5) is 24.5. The fraction of sp³-hybridized carbons (Fsp3) is 0.304. The summed E-state index contributed by atoms with van der Waals surface area (Å²) in [5.74, 6) is 0.866. The number of thiazole rings is 1. The Morgan fingerprint density at radius 2 is 2.09 bits per heavy atom. The number of benzene rings is 2. The number of ether oxygens (including phenoxy) is 4. The first-order valence-electron chi connectivity index (χ1n) is 10.3. The second-order valence-electron chi connectivity index (χ2n) is 7.72. The molecule has 4 aromatic rings. The van der Waals surface area contributed by atoms with E-state index < -0.39 is 18.5 Å². The van der Waals surface area contributed by atoms with Crippen molar-refractivity contribution in [2.75, 3.05) is 20.3 Å². The number of alkyl halides is 2. The lowest BCUT2D eigenvalue weighted by Crippen LogP contribution is -2.34. The Balaban J connectivity index is 1.62. The zero-order valence-electron chi connectivity index (χ0n) is 18.4. The number of carbonyl (C=O) groups is 1. The highest BCUT2D eigenvalue weighted by molar-refractivity contribution is 7.22. The minimum absolute atomic E-state index is 0.0777. The standard InChI is InChI=1S/C23H19F2N3O5S/c1-10-4-16-20(32-9-13(33-16)8-31-11(2)29)21-18(10)28-23(34-21)14-5-12(22(24)25)6-15-19(14)26-7-17(27-15)30-3/h4-7,13,22H,8-9H2,1-3H3/t13-/m0/s1. The highest BCUT2D eigenvalue weighted by Crippen LogP contribution is 2.46. The molecule has 3 heterocycles. The SMILES string of the molecule is COc1cnc2c(-c3nc4c(C)cc5c(c4s3)OC[C@H](COC(C)=O)O5)cc(C(F)F)cc2n1. The maximum absolute atomic E-state index is 13.7. The van der Waals surface area contributed by atoms with E-state index in [0.717, 1.165) is 10.3 Å². The van der Waals surface area contributed by atoms with Gasteiger partial charge in [0.25, 0.3) is 6.43 Å². The zero-order valence-corrected chi connectivity index (χ0v) is 19.2. The Hall–Kier alpha value is -3.60. The maximum Gasteiger partial charge on any atom is 0.302 e. The van der Waals surface area contributed by atoms with Crippen LogP contribution < -0.4 is 14.2 Å². The minimum atomic E-state index is -2.69. The average molecular weight is 487 g/mol. The van der Waals surface area contributed by atoms with Gasteiger partial charge in [0.1, 0.15) is 22.9 Å². The van der Waals surface area contributed by atoms with Crippen LogP contribution in [0.3, 0.4) is 0 Å². The van der Waals surface area contributed by atoms with Gasteiger partial charge < -0.3 is 18.9 Å². The number of esters is 1. The first kappa shape index (κ1) is 22.2. The van der Waals surface area contributed by atoms with E-state index in [4.69, 9.17) is 23.9 Å². The number of aromatic nitrogens is 3. The normalized spacial score (nSPS) is 15.2. The van der Waals surface area contributed by atoms with Crippen molar-refractivity contribution in [2.45, 2.75) is 26.4 Å². The number of rotatable bonds is 5. The van der Waals surface area contributed by atoms with Gasteiger partial charge in [-0.3, -0.25) is 4.79 Å². The number of hydrogen-bond acceptors (Lipinski definition) is 9. The Labute approximate surface area is 196 Å². The first-order valence-corrected chi connectivity index (χ1v) is 11.2. The molecule has 0 saturated heterocycles. The van der Waals surface area contributed by atoms with Crippen LogP contribution in [-0.4, -0.2) is 47.3 Å². The van der Waals surface area contributed by atoms with E-state index in [1.54, 1.807) is 6.07 Å². The summed E-state index contributed by atoms with van der Waals surface area (Å²) in [6, 6.07) is 4.50. The average Bonchev–Trinajstić information content (AvgIpc) is 3.27. The predicted octanol–water partition coefficient (Wildman–Crippen LogP) is 4.86. The van der Waals surface area contributed by atoms with Crippen molar-refractivity contribution in [2.24, 2.45) is 0 Å². The molecule has 1 aliphatic heterocycles. The molecule has 0 unspecified atom stereocenters. The van der Waals surface area contributed by atoms with Gasteiger partial charge in [0.15, 0.2) is 17.6 Å². The van der Waals surface area contributed by atoms with Crippen LogP contribution in [0.2, 0.25) is 0 Å². The molecule has 5 rings (SSSR count). The van der Waals surface area contributed by atoms with Crippen molar-refractivity contribution >= 4 is 38.6 Å². The molecule has 11 heteroatoms. The number of nitrogens with zero attached hydrogens (tertiary/aromatic N) is 3. The zero-order chi connectivity index (χ0) is 24.0. The Kier molecular flexibility index (Phi) is 5.64.